The molecule has 0 amide bonds. The molecule has 1 aromatic heterocycles. The lowest BCUT2D eigenvalue weighted by Crippen LogP contribution is -2.59. The van der Waals surface area contributed by atoms with E-state index >= 15 is 0 Å². The number of benzene rings is 1. The van der Waals surface area contributed by atoms with Crippen molar-refractivity contribution in [3.63, 3.8) is 0 Å². The van der Waals surface area contributed by atoms with E-state index in [4.69, 9.17) is 0 Å². The Morgan fingerprint density at radius 1 is 1.06 bits per heavy atom. The van der Waals surface area contributed by atoms with Crippen molar-refractivity contribution in [1.82, 2.24) is 18.8 Å². The maximum Gasteiger partial charge on any atom is 0.262 e. The SMILES string of the molecule is Cc1ccccc1C(=O)CCC1(N2CCN(S(=O)(=O)c3cn(C)cn3)CC2)CCC(F)(F)CC1.Cl. The van der Waals surface area contributed by atoms with Crippen molar-refractivity contribution in [2.75, 3.05) is 26.2 Å². The second kappa shape index (κ2) is 10.6. The van der Waals surface area contributed by atoms with Crippen molar-refractivity contribution in [2.45, 2.75) is 61.9 Å². The number of halogens is 3. The van der Waals surface area contributed by atoms with Crippen molar-refractivity contribution >= 4 is 28.2 Å². The fourth-order valence-corrected chi connectivity index (χ4v) is 6.62. The standard InChI is InChI=1S/C24H32F2N4O3S.ClH/c1-19-5-3-4-6-20(19)21(31)7-8-23(9-11-24(25,26)12-10-23)29-13-15-30(16-14-29)34(32,33)22-17-28(2)18-27-22;/h3-6,17-18H,7-16H2,1-2H3;1H. The number of aromatic nitrogens is 2. The van der Waals surface area contributed by atoms with Gasteiger partial charge in [-0.05, 0) is 31.7 Å². The molecule has 2 aliphatic rings. The third kappa shape index (κ3) is 5.93. The molecule has 0 spiro atoms. The molecule has 1 saturated heterocycles. The molecule has 2 fully saturated rings. The number of carbonyl (C=O) groups excluding carboxylic acids is 1. The summed E-state index contributed by atoms with van der Waals surface area (Å²) in [4.78, 5) is 19.1. The van der Waals surface area contributed by atoms with Gasteiger partial charge in [-0.2, -0.15) is 4.31 Å². The second-order valence-corrected chi connectivity index (χ2v) is 11.5. The summed E-state index contributed by atoms with van der Waals surface area (Å²) in [5.74, 6) is -2.67. The van der Waals surface area contributed by atoms with E-state index in [1.165, 1.54) is 16.8 Å². The number of sulfonamides is 1. The molecular weight excluding hydrogens is 498 g/mol. The fraction of sp³-hybridized carbons (Fsp3) is 0.583. The van der Waals surface area contributed by atoms with Crippen molar-refractivity contribution in [2.24, 2.45) is 7.05 Å². The maximum absolute atomic E-state index is 14.1. The van der Waals surface area contributed by atoms with E-state index in [9.17, 15) is 22.0 Å². The van der Waals surface area contributed by atoms with E-state index in [0.29, 0.717) is 37.9 Å². The zero-order chi connectivity index (χ0) is 24.6. The predicted molar refractivity (Wildman–Crippen MR) is 132 cm³/mol. The summed E-state index contributed by atoms with van der Waals surface area (Å²) in [6.07, 6.45) is 3.87. The number of rotatable bonds is 7. The Balaban J connectivity index is 0.00000342. The summed E-state index contributed by atoms with van der Waals surface area (Å²) in [6, 6.07) is 7.42. The van der Waals surface area contributed by atoms with Gasteiger partial charge in [-0.3, -0.25) is 9.69 Å². The quantitative estimate of drug-likeness (QED) is 0.504. The molecule has 1 aromatic carbocycles. The van der Waals surface area contributed by atoms with Crippen LogP contribution in [0.4, 0.5) is 8.78 Å². The van der Waals surface area contributed by atoms with Crippen LogP contribution in [0.25, 0.3) is 0 Å². The van der Waals surface area contributed by atoms with E-state index in [2.05, 4.69) is 9.88 Å². The highest BCUT2D eigenvalue weighted by Gasteiger charge is 2.47. The van der Waals surface area contributed by atoms with E-state index in [-0.39, 0.29) is 55.6 Å². The zero-order valence-corrected chi connectivity index (χ0v) is 21.8. The van der Waals surface area contributed by atoms with Crippen molar-refractivity contribution in [3.8, 4) is 0 Å². The predicted octanol–water partition coefficient (Wildman–Crippen LogP) is 4.07. The molecule has 35 heavy (non-hydrogen) atoms. The Hall–Kier alpha value is -1.88. The lowest BCUT2D eigenvalue weighted by atomic mass is 9.74. The van der Waals surface area contributed by atoms with Gasteiger partial charge in [-0.25, -0.2) is 22.2 Å². The fourth-order valence-electron chi connectivity index (χ4n) is 5.23. The number of imidazole rings is 1. The lowest BCUT2D eigenvalue weighted by Gasteiger charge is -2.50. The molecule has 0 atom stereocenters. The molecule has 1 saturated carbocycles. The lowest BCUT2D eigenvalue weighted by molar-refractivity contribution is -0.0891. The average molecular weight is 531 g/mol. The Bertz CT molecular complexity index is 1140. The monoisotopic (exact) mass is 530 g/mol. The van der Waals surface area contributed by atoms with Gasteiger partial charge in [0.2, 0.25) is 5.92 Å². The molecule has 2 aromatic rings. The summed E-state index contributed by atoms with van der Waals surface area (Å²) >= 11 is 0. The molecule has 0 unspecified atom stereocenters. The van der Waals surface area contributed by atoms with Gasteiger partial charge in [-0.15, -0.1) is 12.4 Å². The van der Waals surface area contributed by atoms with Gasteiger partial charge in [0.05, 0.1) is 6.33 Å². The van der Waals surface area contributed by atoms with Gasteiger partial charge in [0, 0.05) is 69.8 Å². The van der Waals surface area contributed by atoms with E-state index < -0.39 is 21.5 Å². The molecule has 194 valence electrons. The first-order valence-corrected chi connectivity index (χ1v) is 13.2. The summed E-state index contributed by atoms with van der Waals surface area (Å²) in [6.45, 7) is 3.31. The molecule has 7 nitrogen and oxygen atoms in total. The van der Waals surface area contributed by atoms with E-state index in [1.54, 1.807) is 17.7 Å². The average Bonchev–Trinajstić information content (AvgIpc) is 3.26. The van der Waals surface area contributed by atoms with Crippen molar-refractivity contribution in [3.05, 3.63) is 47.9 Å². The van der Waals surface area contributed by atoms with Crippen LogP contribution in [0.1, 0.15) is 54.4 Å². The number of piperazine rings is 1. The molecule has 0 N–H and O–H groups in total. The van der Waals surface area contributed by atoms with Gasteiger partial charge in [0.1, 0.15) is 0 Å². The minimum Gasteiger partial charge on any atom is -0.339 e. The van der Waals surface area contributed by atoms with Gasteiger partial charge >= 0.3 is 0 Å². The summed E-state index contributed by atoms with van der Waals surface area (Å²) in [5, 5.41) is 0.0132. The highest BCUT2D eigenvalue weighted by molar-refractivity contribution is 7.89. The van der Waals surface area contributed by atoms with E-state index in [0.717, 1.165) is 5.56 Å². The van der Waals surface area contributed by atoms with Crippen LogP contribution in [-0.4, -0.2) is 70.6 Å². The van der Waals surface area contributed by atoms with Crippen molar-refractivity contribution < 1.29 is 22.0 Å². The van der Waals surface area contributed by atoms with E-state index in [1.807, 2.05) is 25.1 Å². The number of ketones is 1. The van der Waals surface area contributed by atoms with Crippen LogP contribution in [0, 0.1) is 6.92 Å². The van der Waals surface area contributed by atoms with Gasteiger partial charge in [-0.1, -0.05) is 24.3 Å². The van der Waals surface area contributed by atoms with Crippen LogP contribution in [-0.2, 0) is 17.1 Å². The molecule has 0 bridgehead atoms. The Morgan fingerprint density at radius 2 is 1.69 bits per heavy atom. The highest BCUT2D eigenvalue weighted by atomic mass is 35.5. The molecule has 4 rings (SSSR count). The number of Topliss-reactive ketones (excluding diaryl/α,β-unsaturated/α-hetero) is 1. The van der Waals surface area contributed by atoms with Gasteiger partial charge in [0.15, 0.2) is 10.8 Å². The van der Waals surface area contributed by atoms with Crippen LogP contribution in [0.3, 0.4) is 0 Å². The minimum absolute atomic E-state index is 0. The number of hydrogen-bond acceptors (Lipinski definition) is 5. The van der Waals surface area contributed by atoms with Crippen LogP contribution in [0.2, 0.25) is 0 Å². The topological polar surface area (TPSA) is 75.5 Å². The molecular formula is C24H33ClF2N4O3S. The third-order valence-electron chi connectivity index (χ3n) is 7.37. The smallest absolute Gasteiger partial charge is 0.262 e. The van der Waals surface area contributed by atoms with Crippen LogP contribution in [0.5, 0.6) is 0 Å². The van der Waals surface area contributed by atoms with Gasteiger partial charge in [0.25, 0.3) is 10.0 Å². The summed E-state index contributed by atoms with van der Waals surface area (Å²) < 4.78 is 57.0. The number of carbonyl (C=O) groups is 1. The number of aryl methyl sites for hydroxylation is 2. The number of hydrogen-bond donors (Lipinski definition) is 0. The highest BCUT2D eigenvalue weighted by Crippen LogP contribution is 2.44. The van der Waals surface area contributed by atoms with Crippen molar-refractivity contribution in [1.29, 1.82) is 0 Å². The zero-order valence-electron chi connectivity index (χ0n) is 20.1. The summed E-state index contributed by atoms with van der Waals surface area (Å²) in [5.41, 5.74) is 1.05. The first kappa shape index (κ1) is 27.7. The Labute approximate surface area is 212 Å². The first-order chi connectivity index (χ1) is 16.0. The Kier molecular flexibility index (Phi) is 8.41. The van der Waals surface area contributed by atoms with Crippen LogP contribution < -0.4 is 0 Å². The first-order valence-electron chi connectivity index (χ1n) is 11.7. The van der Waals surface area contributed by atoms with Crippen LogP contribution >= 0.6 is 12.4 Å². The molecule has 1 aliphatic carbocycles. The minimum atomic E-state index is -3.70. The van der Waals surface area contributed by atoms with Crippen LogP contribution in [0.15, 0.2) is 41.8 Å². The Morgan fingerprint density at radius 3 is 2.26 bits per heavy atom. The summed E-state index contributed by atoms with van der Waals surface area (Å²) in [7, 11) is -1.99. The second-order valence-electron chi connectivity index (χ2n) is 9.59. The molecule has 2 heterocycles. The molecule has 11 heteroatoms. The third-order valence-corrected chi connectivity index (χ3v) is 9.15. The number of alkyl halides is 2. The normalized spacial score (nSPS) is 20.8. The molecule has 1 aliphatic heterocycles. The maximum atomic E-state index is 14.1. The largest absolute Gasteiger partial charge is 0.339 e. The number of nitrogens with zero attached hydrogens (tertiary/aromatic N) is 4. The molecule has 0 radical (unpaired) electrons. The van der Waals surface area contributed by atoms with Gasteiger partial charge < -0.3 is 4.57 Å².